The minimum Gasteiger partial charge on any atom is -0.480 e. The molecule has 156 valence electrons. The average Bonchev–Trinajstić information content (AvgIpc) is 3.19. The third-order valence-corrected chi connectivity index (χ3v) is 4.55. The Labute approximate surface area is 170 Å². The van der Waals surface area contributed by atoms with Crippen molar-refractivity contribution in [2.45, 2.75) is 12.5 Å². The number of hydrogen-bond acceptors (Lipinski definition) is 4. The van der Waals surface area contributed by atoms with E-state index in [-0.39, 0.29) is 5.56 Å². The number of likely N-dealkylation sites (tertiary alicyclic amines) is 1. The van der Waals surface area contributed by atoms with Crippen molar-refractivity contribution >= 4 is 17.8 Å². The van der Waals surface area contributed by atoms with Gasteiger partial charge >= 0.3 is 5.97 Å². The first-order chi connectivity index (χ1) is 14.3. The van der Waals surface area contributed by atoms with Crippen molar-refractivity contribution in [2.24, 2.45) is 0 Å². The molecule has 2 amide bonds. The normalized spacial score (nSPS) is 15.6. The van der Waals surface area contributed by atoms with Gasteiger partial charge in [0, 0.05) is 24.1 Å². The van der Waals surface area contributed by atoms with Crippen LogP contribution < -0.4 is 10.1 Å². The maximum absolute atomic E-state index is 12.8. The zero-order chi connectivity index (χ0) is 21.7. The van der Waals surface area contributed by atoms with E-state index in [1.165, 1.54) is 12.1 Å². The first-order valence-electron chi connectivity index (χ1n) is 9.01. The molecule has 0 saturated carbocycles. The summed E-state index contributed by atoms with van der Waals surface area (Å²) in [4.78, 5) is 36.6. The summed E-state index contributed by atoms with van der Waals surface area (Å²) >= 11 is 0. The fraction of sp³-hybridized carbons (Fsp3) is 0.190. The highest BCUT2D eigenvalue weighted by Gasteiger charge is 2.38. The number of benzene rings is 2. The molecule has 2 N–H and O–H groups in total. The second-order valence-electron chi connectivity index (χ2n) is 6.57. The van der Waals surface area contributed by atoms with Gasteiger partial charge in [-0.1, -0.05) is 18.2 Å². The number of halogens is 2. The largest absolute Gasteiger partial charge is 0.480 e. The number of hydrogen-bond donors (Lipinski definition) is 2. The summed E-state index contributed by atoms with van der Waals surface area (Å²) in [6.07, 6.45) is -2.42. The maximum Gasteiger partial charge on any atom is 0.326 e. The minimum absolute atomic E-state index is 0.259. The number of carboxylic acids is 1. The molecule has 0 bridgehead atoms. The lowest BCUT2D eigenvalue weighted by molar-refractivity contribution is -0.147. The van der Waals surface area contributed by atoms with Crippen molar-refractivity contribution < 1.29 is 33.0 Å². The Hall–Kier alpha value is -3.75. The van der Waals surface area contributed by atoms with Gasteiger partial charge in [-0.2, -0.15) is 8.78 Å². The van der Waals surface area contributed by atoms with Gasteiger partial charge in [-0.3, -0.25) is 9.59 Å². The van der Waals surface area contributed by atoms with Gasteiger partial charge in [0.05, 0.1) is 6.54 Å². The van der Waals surface area contributed by atoms with Crippen LogP contribution in [0, 0.1) is 0 Å². The highest BCUT2D eigenvalue weighted by Crippen LogP contribution is 2.27. The van der Waals surface area contributed by atoms with E-state index in [0.717, 1.165) is 4.90 Å². The van der Waals surface area contributed by atoms with Gasteiger partial charge in [0.1, 0.15) is 17.5 Å². The third kappa shape index (κ3) is 4.99. The zero-order valence-corrected chi connectivity index (χ0v) is 15.7. The van der Waals surface area contributed by atoms with Gasteiger partial charge < -0.3 is 20.1 Å². The van der Waals surface area contributed by atoms with Gasteiger partial charge in [-0.05, 0) is 36.4 Å². The molecule has 30 heavy (non-hydrogen) atoms. The molecule has 1 fully saturated rings. The van der Waals surface area contributed by atoms with Crippen molar-refractivity contribution in [1.29, 1.82) is 0 Å². The van der Waals surface area contributed by atoms with Gasteiger partial charge in [-0.25, -0.2) is 4.79 Å². The number of rotatable bonds is 6. The fourth-order valence-electron chi connectivity index (χ4n) is 3.00. The van der Waals surface area contributed by atoms with Crippen LogP contribution in [0.15, 0.2) is 66.3 Å². The van der Waals surface area contributed by atoms with E-state index in [1.807, 2.05) is 18.2 Å². The maximum atomic E-state index is 12.8. The summed E-state index contributed by atoms with van der Waals surface area (Å²) in [5.74, 6) is -1.54. The fourth-order valence-corrected chi connectivity index (χ4v) is 3.00. The molecule has 1 aliphatic heterocycles. The summed E-state index contributed by atoms with van der Waals surface area (Å²) in [7, 11) is 0. The number of nitrogens with one attached hydrogen (secondary N) is 1. The van der Waals surface area contributed by atoms with Gasteiger partial charge in [0.25, 0.3) is 12.0 Å². The summed E-state index contributed by atoms with van der Waals surface area (Å²) in [5.41, 5.74) is -0.133. The zero-order valence-electron chi connectivity index (χ0n) is 15.7. The van der Waals surface area contributed by atoms with Crippen molar-refractivity contribution in [3.8, 4) is 11.5 Å². The molecule has 0 aromatic heterocycles. The Bertz CT molecular complexity index is 973. The number of ether oxygens (including phenoxy) is 1. The molecule has 1 saturated heterocycles. The molecule has 0 aliphatic carbocycles. The first kappa shape index (κ1) is 21.0. The van der Waals surface area contributed by atoms with Gasteiger partial charge in [-0.15, -0.1) is 0 Å². The number of nitrogens with zero attached hydrogens (tertiary/aromatic N) is 1. The monoisotopic (exact) mass is 416 g/mol. The summed E-state index contributed by atoms with van der Waals surface area (Å²) < 4.78 is 31.2. The minimum atomic E-state index is -1.99. The Balaban J connectivity index is 1.57. The van der Waals surface area contributed by atoms with E-state index in [0.29, 0.717) is 11.5 Å². The molecule has 0 spiro atoms. The van der Waals surface area contributed by atoms with Crippen molar-refractivity contribution in [1.82, 2.24) is 10.2 Å². The van der Waals surface area contributed by atoms with Crippen LogP contribution in [-0.2, 0) is 9.59 Å². The van der Waals surface area contributed by atoms with Crippen LogP contribution >= 0.6 is 0 Å². The lowest BCUT2D eigenvalue weighted by Gasteiger charge is -2.21. The van der Waals surface area contributed by atoms with Gasteiger partial charge in [0.15, 0.2) is 0 Å². The standard InChI is InChI=1S/C21H18F2N2O5/c22-19(23)14-10-17(21(28)29)25(12-14)18(26)11-24-20(27)13-6-8-16(9-7-13)30-15-4-2-1-3-5-15/h1-9,17H,10-12H2,(H,24,27)(H,28,29)/t17-/m0/s1. The number of aliphatic carboxylic acids is 1. The van der Waals surface area contributed by atoms with Crippen LogP contribution in [0.4, 0.5) is 8.78 Å². The van der Waals surface area contributed by atoms with Crippen LogP contribution in [0.25, 0.3) is 0 Å². The Morgan fingerprint density at radius 3 is 2.27 bits per heavy atom. The predicted octanol–water partition coefficient (Wildman–Crippen LogP) is 3.04. The molecule has 1 aliphatic rings. The molecular formula is C21H18F2N2O5. The van der Waals surface area contributed by atoms with Crippen LogP contribution in [-0.4, -0.2) is 46.9 Å². The second-order valence-corrected chi connectivity index (χ2v) is 6.57. The Morgan fingerprint density at radius 1 is 1.03 bits per heavy atom. The van der Waals surface area contributed by atoms with Crippen LogP contribution in [0.5, 0.6) is 11.5 Å². The summed E-state index contributed by atoms with van der Waals surface area (Å²) in [5, 5.41) is 11.5. The molecule has 2 aromatic carbocycles. The average molecular weight is 416 g/mol. The highest BCUT2D eigenvalue weighted by molar-refractivity contribution is 5.97. The van der Waals surface area contributed by atoms with E-state index >= 15 is 0 Å². The molecule has 0 radical (unpaired) electrons. The van der Waals surface area contributed by atoms with E-state index < -0.39 is 55.0 Å². The van der Waals surface area contributed by atoms with Crippen LogP contribution in [0.2, 0.25) is 0 Å². The Morgan fingerprint density at radius 2 is 1.67 bits per heavy atom. The number of carbonyl (C=O) groups is 3. The predicted molar refractivity (Wildman–Crippen MR) is 102 cm³/mol. The van der Waals surface area contributed by atoms with Crippen molar-refractivity contribution in [3.05, 3.63) is 71.8 Å². The summed E-state index contributed by atoms with van der Waals surface area (Å²) in [6.45, 7) is -0.981. The van der Waals surface area contributed by atoms with Crippen molar-refractivity contribution in [3.63, 3.8) is 0 Å². The molecule has 0 unspecified atom stereocenters. The first-order valence-corrected chi connectivity index (χ1v) is 9.01. The lowest BCUT2D eigenvalue weighted by atomic mass is 10.2. The van der Waals surface area contributed by atoms with Gasteiger partial charge in [0.2, 0.25) is 5.91 Å². The molecule has 9 heteroatoms. The smallest absolute Gasteiger partial charge is 0.326 e. The molecule has 2 aromatic rings. The molecule has 7 nitrogen and oxygen atoms in total. The molecular weight excluding hydrogens is 398 g/mol. The molecule has 3 rings (SSSR count). The number of carboxylic acid groups (broad SMARTS) is 1. The number of para-hydroxylation sites is 1. The third-order valence-electron chi connectivity index (χ3n) is 4.55. The number of carbonyl (C=O) groups excluding carboxylic acids is 2. The Kier molecular flexibility index (Phi) is 6.41. The van der Waals surface area contributed by atoms with E-state index in [2.05, 4.69) is 5.32 Å². The molecule has 1 heterocycles. The van der Waals surface area contributed by atoms with Crippen molar-refractivity contribution in [2.75, 3.05) is 13.1 Å². The van der Waals surface area contributed by atoms with E-state index in [1.54, 1.807) is 24.3 Å². The SMILES string of the molecule is O=C(NCC(=O)N1CC(=C(F)F)C[C@H]1C(=O)O)c1ccc(Oc2ccccc2)cc1. The van der Waals surface area contributed by atoms with Crippen LogP contribution in [0.3, 0.4) is 0 Å². The molecule has 1 atom stereocenters. The lowest BCUT2D eigenvalue weighted by Crippen LogP contribution is -2.45. The summed E-state index contributed by atoms with van der Waals surface area (Å²) in [6, 6.07) is 13.9. The van der Waals surface area contributed by atoms with E-state index in [4.69, 9.17) is 9.84 Å². The quantitative estimate of drug-likeness (QED) is 0.755. The number of amides is 2. The van der Waals surface area contributed by atoms with E-state index in [9.17, 15) is 23.2 Å². The second kappa shape index (κ2) is 9.17. The highest BCUT2D eigenvalue weighted by atomic mass is 19.3. The van der Waals surface area contributed by atoms with Crippen LogP contribution in [0.1, 0.15) is 16.8 Å². The topological polar surface area (TPSA) is 95.9 Å².